The van der Waals surface area contributed by atoms with Gasteiger partial charge in [-0.05, 0) is 41.5 Å². The summed E-state index contributed by atoms with van der Waals surface area (Å²) in [4.78, 5) is 12.0. The van der Waals surface area contributed by atoms with Gasteiger partial charge in [0, 0.05) is 17.9 Å². The largest absolute Gasteiger partial charge is 0.493 e. The Morgan fingerprint density at radius 2 is 1.68 bits per heavy atom. The number of hydrogen-bond acceptors (Lipinski definition) is 4. The number of anilines is 1. The summed E-state index contributed by atoms with van der Waals surface area (Å²) in [7, 11) is 1.34. The number of methoxy groups -OCH3 is 1. The van der Waals surface area contributed by atoms with E-state index in [4.69, 9.17) is 9.47 Å². The normalized spacial score (nSPS) is 16.1. The minimum atomic E-state index is -4.95. The molecule has 1 aromatic heterocycles. The van der Waals surface area contributed by atoms with E-state index in [0.29, 0.717) is 23.5 Å². The summed E-state index contributed by atoms with van der Waals surface area (Å²) in [6.45, 7) is -0.555. The molecule has 34 heavy (non-hydrogen) atoms. The summed E-state index contributed by atoms with van der Waals surface area (Å²) in [5, 5.41) is 9.30. The van der Waals surface area contributed by atoms with Crippen molar-refractivity contribution < 1.29 is 40.6 Å². The van der Waals surface area contributed by atoms with E-state index in [2.05, 4.69) is 15.5 Å². The topological polar surface area (TPSA) is 76.2 Å². The van der Waals surface area contributed by atoms with Gasteiger partial charge in [0.25, 0.3) is 0 Å². The summed E-state index contributed by atoms with van der Waals surface area (Å²) >= 11 is 0. The molecule has 1 aliphatic rings. The number of hydrogen-bond donors (Lipinski definition) is 2. The van der Waals surface area contributed by atoms with Crippen molar-refractivity contribution in [1.82, 2.24) is 10.2 Å². The van der Waals surface area contributed by atoms with Crippen LogP contribution in [-0.2, 0) is 23.8 Å². The van der Waals surface area contributed by atoms with Gasteiger partial charge in [-0.25, -0.2) is 0 Å². The molecular weight excluding hydrogens is 468 g/mol. The van der Waals surface area contributed by atoms with Crippen molar-refractivity contribution in [3.8, 4) is 11.5 Å². The zero-order valence-electron chi connectivity index (χ0n) is 17.5. The Morgan fingerprint density at radius 3 is 2.29 bits per heavy atom. The van der Waals surface area contributed by atoms with Gasteiger partial charge >= 0.3 is 12.4 Å². The van der Waals surface area contributed by atoms with Crippen LogP contribution in [-0.4, -0.2) is 23.2 Å². The number of alkyl halides is 6. The number of carbonyl (C=O) groups excluding carboxylic acids is 1. The lowest BCUT2D eigenvalue weighted by molar-refractivity contribution is -0.143. The average Bonchev–Trinajstić information content (AvgIpc) is 3.24. The van der Waals surface area contributed by atoms with E-state index >= 15 is 0 Å². The van der Waals surface area contributed by atoms with Crippen molar-refractivity contribution in [2.45, 2.75) is 31.3 Å². The zero-order chi connectivity index (χ0) is 24.7. The number of aromatic amines is 1. The maximum absolute atomic E-state index is 13.1. The maximum atomic E-state index is 13.1. The van der Waals surface area contributed by atoms with Gasteiger partial charge in [-0.1, -0.05) is 6.07 Å². The SMILES string of the molecule is COc1cc(C2CC(=O)Nc3[nH]ncc32)ccc1OCc1cc(C(F)(F)F)cc(C(F)(F)F)c1. The molecule has 1 aliphatic heterocycles. The average molecular weight is 485 g/mol. The number of rotatable bonds is 5. The molecule has 2 N–H and O–H groups in total. The van der Waals surface area contributed by atoms with Crippen LogP contribution in [0, 0.1) is 0 Å². The third-order valence-corrected chi connectivity index (χ3v) is 5.33. The zero-order valence-corrected chi connectivity index (χ0v) is 17.5. The molecular formula is C22H17F6N3O3. The molecule has 4 rings (SSSR count). The molecule has 0 fully saturated rings. The quantitative estimate of drug-likeness (QED) is 0.468. The first-order chi connectivity index (χ1) is 16.0. The Morgan fingerprint density at radius 1 is 1.00 bits per heavy atom. The summed E-state index contributed by atoms with van der Waals surface area (Å²) < 4.78 is 89.3. The van der Waals surface area contributed by atoms with Crippen molar-refractivity contribution in [2.24, 2.45) is 0 Å². The van der Waals surface area contributed by atoms with Crippen LogP contribution < -0.4 is 14.8 Å². The molecule has 0 saturated carbocycles. The highest BCUT2D eigenvalue weighted by Crippen LogP contribution is 2.40. The van der Waals surface area contributed by atoms with Crippen LogP contribution in [0.1, 0.15) is 40.2 Å². The smallest absolute Gasteiger partial charge is 0.416 e. The molecule has 0 bridgehead atoms. The molecule has 180 valence electrons. The molecule has 0 aliphatic carbocycles. The van der Waals surface area contributed by atoms with E-state index < -0.39 is 30.1 Å². The number of amides is 1. The van der Waals surface area contributed by atoms with E-state index in [1.807, 2.05) is 0 Å². The fourth-order valence-corrected chi connectivity index (χ4v) is 3.73. The standard InChI is InChI=1S/C22H17F6N3O3/c1-33-18-6-12(15-8-19(32)30-20-16(15)9-29-31-20)2-3-17(18)34-10-11-4-13(21(23,24)25)7-14(5-11)22(26,27)28/h2-7,9,15H,8,10H2,1H3,(H2,29,30,31,32). The minimum absolute atomic E-state index is 0.0589. The van der Waals surface area contributed by atoms with Gasteiger partial charge in [0.15, 0.2) is 11.5 Å². The predicted molar refractivity (Wildman–Crippen MR) is 107 cm³/mol. The van der Waals surface area contributed by atoms with Crippen molar-refractivity contribution >= 4 is 11.7 Å². The molecule has 6 nitrogen and oxygen atoms in total. The predicted octanol–water partition coefficient (Wildman–Crippen LogP) is 5.51. The first-order valence-corrected chi connectivity index (χ1v) is 9.88. The van der Waals surface area contributed by atoms with Gasteiger partial charge in [-0.3, -0.25) is 9.89 Å². The van der Waals surface area contributed by atoms with Crippen molar-refractivity contribution in [1.29, 1.82) is 0 Å². The molecule has 2 heterocycles. The highest BCUT2D eigenvalue weighted by atomic mass is 19.4. The van der Waals surface area contributed by atoms with Crippen LogP contribution in [0.25, 0.3) is 0 Å². The molecule has 0 saturated heterocycles. The van der Waals surface area contributed by atoms with Crippen LogP contribution >= 0.6 is 0 Å². The van der Waals surface area contributed by atoms with Gasteiger partial charge in [-0.2, -0.15) is 31.4 Å². The fourth-order valence-electron chi connectivity index (χ4n) is 3.73. The van der Waals surface area contributed by atoms with E-state index in [9.17, 15) is 31.1 Å². The fraction of sp³-hybridized carbons (Fsp3) is 0.273. The van der Waals surface area contributed by atoms with E-state index in [-0.39, 0.29) is 41.4 Å². The van der Waals surface area contributed by atoms with E-state index in [0.717, 1.165) is 5.56 Å². The number of nitrogens with zero attached hydrogens (tertiary/aromatic N) is 1. The monoisotopic (exact) mass is 485 g/mol. The highest BCUT2D eigenvalue weighted by Gasteiger charge is 2.37. The van der Waals surface area contributed by atoms with Crippen LogP contribution in [0.2, 0.25) is 0 Å². The van der Waals surface area contributed by atoms with E-state index in [1.165, 1.54) is 13.2 Å². The van der Waals surface area contributed by atoms with Crippen LogP contribution in [0.5, 0.6) is 11.5 Å². The van der Waals surface area contributed by atoms with Crippen LogP contribution in [0.4, 0.5) is 32.2 Å². The molecule has 1 amide bonds. The summed E-state index contributed by atoms with van der Waals surface area (Å²) in [5.41, 5.74) is -1.69. The molecule has 1 atom stereocenters. The van der Waals surface area contributed by atoms with Gasteiger partial charge in [0.1, 0.15) is 12.4 Å². The first-order valence-electron chi connectivity index (χ1n) is 9.88. The molecule has 3 aromatic rings. The third-order valence-electron chi connectivity index (χ3n) is 5.33. The number of benzene rings is 2. The lowest BCUT2D eigenvalue weighted by Gasteiger charge is -2.23. The summed E-state index contributed by atoms with van der Waals surface area (Å²) in [6, 6.07) is 6.00. The summed E-state index contributed by atoms with van der Waals surface area (Å²) in [5.74, 6) is 0.251. The number of fused-ring (bicyclic) bond motifs is 1. The number of halogens is 6. The first kappa shape index (κ1) is 23.5. The molecule has 1 unspecified atom stereocenters. The second-order valence-corrected chi connectivity index (χ2v) is 7.62. The number of nitrogens with one attached hydrogen (secondary N) is 2. The van der Waals surface area contributed by atoms with Gasteiger partial charge in [0.2, 0.25) is 5.91 Å². The van der Waals surface area contributed by atoms with Crippen molar-refractivity contribution in [3.05, 3.63) is 70.4 Å². The second-order valence-electron chi connectivity index (χ2n) is 7.62. The van der Waals surface area contributed by atoms with E-state index in [1.54, 1.807) is 18.3 Å². The highest BCUT2D eigenvalue weighted by molar-refractivity contribution is 5.94. The molecule has 0 radical (unpaired) electrons. The van der Waals surface area contributed by atoms with Crippen LogP contribution in [0.15, 0.2) is 42.6 Å². The Labute approximate surface area is 188 Å². The Bertz CT molecular complexity index is 1190. The second kappa shape index (κ2) is 8.58. The molecule has 0 spiro atoms. The van der Waals surface area contributed by atoms with Crippen molar-refractivity contribution in [3.63, 3.8) is 0 Å². The minimum Gasteiger partial charge on any atom is -0.493 e. The lowest BCUT2D eigenvalue weighted by atomic mass is 9.87. The Kier molecular flexibility index (Phi) is 5.92. The molecule has 12 heteroatoms. The summed E-state index contributed by atoms with van der Waals surface area (Å²) in [6.07, 6.45) is -8.16. The van der Waals surface area contributed by atoms with Crippen molar-refractivity contribution in [2.75, 3.05) is 12.4 Å². The van der Waals surface area contributed by atoms with Gasteiger partial charge in [-0.15, -0.1) is 0 Å². The third kappa shape index (κ3) is 4.80. The number of aromatic nitrogens is 2. The van der Waals surface area contributed by atoms with Gasteiger partial charge in [0.05, 0.1) is 24.4 Å². The van der Waals surface area contributed by atoms with Crippen LogP contribution in [0.3, 0.4) is 0 Å². The maximum Gasteiger partial charge on any atom is 0.416 e. The van der Waals surface area contributed by atoms with Gasteiger partial charge < -0.3 is 14.8 Å². The number of ether oxygens (including phenoxy) is 2. The lowest BCUT2D eigenvalue weighted by Crippen LogP contribution is -2.23. The molecule has 2 aromatic carbocycles. The Hall–Kier alpha value is -3.70. The number of carbonyl (C=O) groups is 1. The number of H-pyrrole nitrogens is 1. The Balaban J connectivity index is 1.60.